The van der Waals surface area contributed by atoms with Crippen LogP contribution in [0.25, 0.3) is 10.9 Å². The summed E-state index contributed by atoms with van der Waals surface area (Å²) in [5.41, 5.74) is 2.85. The van der Waals surface area contributed by atoms with Gasteiger partial charge in [-0.3, -0.25) is 4.79 Å². The number of para-hydroxylation sites is 1. The second kappa shape index (κ2) is 8.43. The van der Waals surface area contributed by atoms with Crippen LogP contribution in [0.1, 0.15) is 49.3 Å². The van der Waals surface area contributed by atoms with Gasteiger partial charge in [0, 0.05) is 10.9 Å². The van der Waals surface area contributed by atoms with Crippen molar-refractivity contribution in [3.63, 3.8) is 0 Å². The number of hydrogen-bond acceptors (Lipinski definition) is 6. The molecule has 2 aromatic carbocycles. The molecule has 6 nitrogen and oxygen atoms in total. The van der Waals surface area contributed by atoms with E-state index in [-0.39, 0.29) is 13.2 Å². The fraction of sp³-hybridized carbons (Fsp3) is 0.182. The van der Waals surface area contributed by atoms with Crippen LogP contribution in [-0.2, 0) is 16.1 Å². The van der Waals surface area contributed by atoms with E-state index in [1.807, 2.05) is 31.2 Å². The van der Waals surface area contributed by atoms with E-state index in [2.05, 4.69) is 4.98 Å². The smallest absolute Gasteiger partial charge is 0.340 e. The van der Waals surface area contributed by atoms with E-state index in [0.717, 1.165) is 10.9 Å². The largest absolute Gasteiger partial charge is 0.462 e. The normalized spacial score (nSPS) is 10.5. The van der Waals surface area contributed by atoms with E-state index >= 15 is 0 Å². The SMILES string of the molecule is CCOC(=O)c1c(COC(=O)c2ccc(C=O)cc2)nc2ccccc2c1C. The van der Waals surface area contributed by atoms with E-state index < -0.39 is 11.9 Å². The fourth-order valence-electron chi connectivity index (χ4n) is 2.93. The Morgan fingerprint density at radius 2 is 1.71 bits per heavy atom. The molecule has 0 bridgehead atoms. The number of hydrogen-bond donors (Lipinski definition) is 0. The molecule has 0 amide bonds. The highest BCUT2D eigenvalue weighted by molar-refractivity contribution is 5.98. The maximum Gasteiger partial charge on any atom is 0.340 e. The Hall–Kier alpha value is -3.54. The second-order valence-corrected chi connectivity index (χ2v) is 6.11. The summed E-state index contributed by atoms with van der Waals surface area (Å²) in [6, 6.07) is 13.5. The number of pyridine rings is 1. The van der Waals surface area contributed by atoms with Gasteiger partial charge in [0.15, 0.2) is 0 Å². The monoisotopic (exact) mass is 377 g/mol. The Kier molecular flexibility index (Phi) is 5.79. The van der Waals surface area contributed by atoms with E-state index in [1.165, 1.54) is 24.3 Å². The molecule has 6 heteroatoms. The summed E-state index contributed by atoms with van der Waals surface area (Å²) >= 11 is 0. The molecule has 0 aliphatic rings. The average Bonchev–Trinajstić information content (AvgIpc) is 2.72. The molecule has 1 heterocycles. The van der Waals surface area contributed by atoms with Gasteiger partial charge in [-0.15, -0.1) is 0 Å². The van der Waals surface area contributed by atoms with Gasteiger partial charge in [-0.1, -0.05) is 30.3 Å². The molecule has 28 heavy (non-hydrogen) atoms. The molecule has 3 rings (SSSR count). The summed E-state index contributed by atoms with van der Waals surface area (Å²) in [5.74, 6) is -1.07. The zero-order valence-corrected chi connectivity index (χ0v) is 15.6. The van der Waals surface area contributed by atoms with Gasteiger partial charge in [0.25, 0.3) is 0 Å². The maximum atomic E-state index is 12.5. The van der Waals surface area contributed by atoms with Crippen molar-refractivity contribution in [1.82, 2.24) is 4.98 Å². The number of aromatic nitrogens is 1. The van der Waals surface area contributed by atoms with E-state index in [0.29, 0.717) is 34.2 Å². The lowest BCUT2D eigenvalue weighted by molar-refractivity contribution is 0.0444. The van der Waals surface area contributed by atoms with Gasteiger partial charge in [0.1, 0.15) is 12.9 Å². The van der Waals surface area contributed by atoms with Crippen LogP contribution < -0.4 is 0 Å². The lowest BCUT2D eigenvalue weighted by Crippen LogP contribution is -2.15. The Balaban J connectivity index is 1.92. The molecule has 0 radical (unpaired) electrons. The van der Waals surface area contributed by atoms with Crippen molar-refractivity contribution in [1.29, 1.82) is 0 Å². The molecule has 0 aliphatic heterocycles. The molecular formula is C22H19NO5. The van der Waals surface area contributed by atoms with Crippen molar-refractivity contribution >= 4 is 29.1 Å². The number of nitrogens with zero attached hydrogens (tertiary/aromatic N) is 1. The van der Waals surface area contributed by atoms with Crippen LogP contribution in [0.5, 0.6) is 0 Å². The lowest BCUT2D eigenvalue weighted by atomic mass is 10.0. The molecule has 0 N–H and O–H groups in total. The number of fused-ring (bicyclic) bond motifs is 1. The van der Waals surface area contributed by atoms with Crippen molar-refractivity contribution in [2.45, 2.75) is 20.5 Å². The van der Waals surface area contributed by atoms with Crippen molar-refractivity contribution in [3.8, 4) is 0 Å². The topological polar surface area (TPSA) is 82.6 Å². The number of carbonyl (C=O) groups excluding carboxylic acids is 3. The minimum absolute atomic E-state index is 0.173. The molecule has 142 valence electrons. The number of aryl methyl sites for hydroxylation is 1. The zero-order valence-electron chi connectivity index (χ0n) is 15.6. The van der Waals surface area contributed by atoms with Crippen LogP contribution in [0.3, 0.4) is 0 Å². The number of esters is 2. The number of ether oxygens (including phenoxy) is 2. The summed E-state index contributed by atoms with van der Waals surface area (Å²) in [6.07, 6.45) is 0.697. The van der Waals surface area contributed by atoms with Crippen molar-refractivity contribution in [2.75, 3.05) is 6.61 Å². The van der Waals surface area contributed by atoms with Crippen LogP contribution in [0.2, 0.25) is 0 Å². The average molecular weight is 377 g/mol. The fourth-order valence-corrected chi connectivity index (χ4v) is 2.93. The minimum Gasteiger partial charge on any atom is -0.462 e. The number of rotatable bonds is 6. The standard InChI is InChI=1S/C22H19NO5/c1-3-27-22(26)20-14(2)17-6-4-5-7-18(17)23-19(20)13-28-21(25)16-10-8-15(12-24)9-11-16/h4-12H,3,13H2,1-2H3. The van der Waals surface area contributed by atoms with Crippen LogP contribution in [0, 0.1) is 6.92 Å². The first-order valence-corrected chi connectivity index (χ1v) is 8.82. The summed E-state index contributed by atoms with van der Waals surface area (Å²) in [6.45, 7) is 3.60. The van der Waals surface area contributed by atoms with Gasteiger partial charge in [-0.25, -0.2) is 14.6 Å². The van der Waals surface area contributed by atoms with Gasteiger partial charge in [0.05, 0.1) is 28.9 Å². The quantitative estimate of drug-likeness (QED) is 0.479. The van der Waals surface area contributed by atoms with E-state index in [4.69, 9.17) is 9.47 Å². The highest BCUT2D eigenvalue weighted by Crippen LogP contribution is 2.24. The molecule has 0 atom stereocenters. The van der Waals surface area contributed by atoms with E-state index in [9.17, 15) is 14.4 Å². The van der Waals surface area contributed by atoms with Crippen molar-refractivity contribution in [3.05, 3.63) is 76.5 Å². The minimum atomic E-state index is -0.570. The lowest BCUT2D eigenvalue weighted by Gasteiger charge is -2.14. The van der Waals surface area contributed by atoms with Gasteiger partial charge < -0.3 is 9.47 Å². The summed E-state index contributed by atoms with van der Waals surface area (Å²) in [7, 11) is 0. The highest BCUT2D eigenvalue weighted by Gasteiger charge is 2.21. The maximum absolute atomic E-state index is 12.5. The van der Waals surface area contributed by atoms with Gasteiger partial charge in [-0.2, -0.15) is 0 Å². The molecule has 1 aromatic heterocycles. The van der Waals surface area contributed by atoms with E-state index in [1.54, 1.807) is 6.92 Å². The molecule has 0 spiro atoms. The number of carbonyl (C=O) groups is 3. The third-order valence-electron chi connectivity index (χ3n) is 4.33. The summed E-state index contributed by atoms with van der Waals surface area (Å²) in [5, 5.41) is 0.838. The van der Waals surface area contributed by atoms with Crippen LogP contribution in [0.4, 0.5) is 0 Å². The molecule has 0 saturated heterocycles. The Bertz CT molecular complexity index is 1040. The molecule has 0 unspecified atom stereocenters. The third-order valence-corrected chi connectivity index (χ3v) is 4.33. The number of aldehydes is 1. The first kappa shape index (κ1) is 19.2. The van der Waals surface area contributed by atoms with Crippen LogP contribution in [-0.4, -0.2) is 29.8 Å². The zero-order chi connectivity index (χ0) is 20.1. The predicted octanol–water partition coefficient (Wildman–Crippen LogP) is 3.89. The van der Waals surface area contributed by atoms with Crippen LogP contribution >= 0.6 is 0 Å². The first-order chi connectivity index (χ1) is 13.5. The summed E-state index contributed by atoms with van der Waals surface area (Å²) < 4.78 is 10.5. The molecular weight excluding hydrogens is 358 g/mol. The third kappa shape index (κ3) is 3.91. The molecule has 0 fully saturated rings. The molecule has 0 aliphatic carbocycles. The van der Waals surface area contributed by atoms with Crippen molar-refractivity contribution in [2.24, 2.45) is 0 Å². The number of benzene rings is 2. The van der Waals surface area contributed by atoms with Gasteiger partial charge in [0.2, 0.25) is 0 Å². The second-order valence-electron chi connectivity index (χ2n) is 6.11. The Morgan fingerprint density at radius 3 is 2.39 bits per heavy atom. The van der Waals surface area contributed by atoms with Crippen LogP contribution in [0.15, 0.2) is 48.5 Å². The summed E-state index contributed by atoms with van der Waals surface area (Å²) in [4.78, 5) is 40.0. The molecule has 0 saturated carbocycles. The predicted molar refractivity (Wildman–Crippen MR) is 103 cm³/mol. The molecule has 3 aromatic rings. The Morgan fingerprint density at radius 1 is 1.00 bits per heavy atom. The highest BCUT2D eigenvalue weighted by atomic mass is 16.5. The van der Waals surface area contributed by atoms with Gasteiger partial charge >= 0.3 is 11.9 Å². The Labute approximate surface area is 162 Å². The van der Waals surface area contributed by atoms with Crippen molar-refractivity contribution < 1.29 is 23.9 Å². The first-order valence-electron chi connectivity index (χ1n) is 8.82. The van der Waals surface area contributed by atoms with Gasteiger partial charge in [-0.05, 0) is 37.6 Å².